The molecule has 0 fully saturated rings. The minimum atomic E-state index is -3.07. The number of carbonyl (C=O) groups is 1. The molecule has 3 aromatic rings. The Bertz CT molecular complexity index is 1120. The van der Waals surface area contributed by atoms with E-state index in [0.29, 0.717) is 5.56 Å². The Balaban J connectivity index is 1.70. The number of aryl methyl sites for hydroxylation is 1. The zero-order valence-electron chi connectivity index (χ0n) is 15.9. The molecule has 0 saturated carbocycles. The van der Waals surface area contributed by atoms with Crippen molar-refractivity contribution >= 4 is 17.3 Å². The van der Waals surface area contributed by atoms with E-state index in [1.807, 2.05) is 0 Å². The van der Waals surface area contributed by atoms with Crippen LogP contribution in [0, 0.1) is 22.9 Å². The number of hydrogen-bond acceptors (Lipinski definition) is 6. The van der Waals surface area contributed by atoms with Crippen molar-refractivity contribution in [2.45, 2.75) is 20.3 Å². The van der Waals surface area contributed by atoms with Gasteiger partial charge >= 0.3 is 12.3 Å². The quantitative estimate of drug-likeness (QED) is 0.420. The van der Waals surface area contributed by atoms with Gasteiger partial charge in [-0.1, -0.05) is 6.07 Å². The molecule has 1 aromatic heterocycles. The highest BCUT2D eigenvalue weighted by Gasteiger charge is 2.18. The summed E-state index contributed by atoms with van der Waals surface area (Å²) in [5, 5.41) is 17.4. The molecular formula is C19H15F3N4O5. The Kier molecular flexibility index (Phi) is 6.38. The number of amides is 1. The van der Waals surface area contributed by atoms with Crippen LogP contribution in [0.4, 0.5) is 24.5 Å². The highest BCUT2D eigenvalue weighted by atomic mass is 19.3. The zero-order chi connectivity index (χ0) is 22.5. The zero-order valence-corrected chi connectivity index (χ0v) is 15.9. The van der Waals surface area contributed by atoms with Gasteiger partial charge in [-0.05, 0) is 36.8 Å². The summed E-state index contributed by atoms with van der Waals surface area (Å²) in [4.78, 5) is 22.7. The standard InChI is InChI=1S/C19H15F3N4O5/c1-11-2-4-13(16(8-11)31-19(21)22)23-18(27)14-6-7-25(24-14)10-30-17-9-12(20)3-5-15(17)26(28)29/h2-9,19H,10H2,1H3,(H,23,27). The highest BCUT2D eigenvalue weighted by Crippen LogP contribution is 2.29. The highest BCUT2D eigenvalue weighted by molar-refractivity contribution is 6.03. The number of nitrogens with one attached hydrogen (secondary N) is 1. The van der Waals surface area contributed by atoms with E-state index in [2.05, 4.69) is 15.2 Å². The van der Waals surface area contributed by atoms with E-state index in [4.69, 9.17) is 4.74 Å². The Morgan fingerprint density at radius 1 is 1.23 bits per heavy atom. The molecule has 0 unspecified atom stereocenters. The molecule has 0 aliphatic heterocycles. The molecule has 12 heteroatoms. The molecule has 0 saturated heterocycles. The molecule has 0 spiro atoms. The van der Waals surface area contributed by atoms with Gasteiger partial charge in [-0.3, -0.25) is 14.9 Å². The maximum atomic E-state index is 13.4. The van der Waals surface area contributed by atoms with Crippen molar-refractivity contribution in [3.8, 4) is 11.5 Å². The fourth-order valence-electron chi connectivity index (χ4n) is 2.56. The van der Waals surface area contributed by atoms with E-state index in [0.717, 1.165) is 22.9 Å². The van der Waals surface area contributed by atoms with Crippen molar-refractivity contribution in [1.29, 1.82) is 0 Å². The van der Waals surface area contributed by atoms with E-state index in [-0.39, 0.29) is 29.6 Å². The van der Waals surface area contributed by atoms with Crippen molar-refractivity contribution in [3.05, 3.63) is 75.9 Å². The van der Waals surface area contributed by atoms with E-state index < -0.39 is 28.9 Å². The molecule has 0 aliphatic rings. The Morgan fingerprint density at radius 3 is 2.71 bits per heavy atom. The predicted molar refractivity (Wildman–Crippen MR) is 102 cm³/mol. The number of nitro benzene ring substituents is 1. The molecule has 0 radical (unpaired) electrons. The van der Waals surface area contributed by atoms with E-state index >= 15 is 0 Å². The monoisotopic (exact) mass is 436 g/mol. The number of nitrogens with zero attached hydrogens (tertiary/aromatic N) is 3. The topological polar surface area (TPSA) is 109 Å². The average molecular weight is 436 g/mol. The van der Waals surface area contributed by atoms with Gasteiger partial charge in [0, 0.05) is 18.3 Å². The maximum Gasteiger partial charge on any atom is 0.387 e. The molecule has 3 rings (SSSR count). The summed E-state index contributed by atoms with van der Waals surface area (Å²) in [7, 11) is 0. The van der Waals surface area contributed by atoms with Crippen molar-refractivity contribution < 1.29 is 32.4 Å². The van der Waals surface area contributed by atoms with E-state index in [9.17, 15) is 28.1 Å². The van der Waals surface area contributed by atoms with E-state index in [1.165, 1.54) is 24.4 Å². The molecule has 1 N–H and O–H groups in total. The van der Waals surface area contributed by atoms with Gasteiger partial charge in [-0.2, -0.15) is 13.9 Å². The number of rotatable bonds is 8. The minimum absolute atomic E-state index is 0.0251. The number of anilines is 1. The molecule has 162 valence electrons. The second-order valence-corrected chi connectivity index (χ2v) is 6.22. The van der Waals surface area contributed by atoms with Crippen molar-refractivity contribution in [1.82, 2.24) is 9.78 Å². The van der Waals surface area contributed by atoms with Crippen molar-refractivity contribution in [3.63, 3.8) is 0 Å². The number of alkyl halides is 2. The minimum Gasteiger partial charge on any atom is -0.464 e. The van der Waals surface area contributed by atoms with Crippen LogP contribution in [0.1, 0.15) is 16.1 Å². The van der Waals surface area contributed by atoms with Crippen LogP contribution in [-0.2, 0) is 6.73 Å². The molecule has 0 aliphatic carbocycles. The largest absolute Gasteiger partial charge is 0.464 e. The fraction of sp³-hybridized carbons (Fsp3) is 0.158. The lowest BCUT2D eigenvalue weighted by Crippen LogP contribution is -2.16. The van der Waals surface area contributed by atoms with Crippen LogP contribution in [0.15, 0.2) is 48.7 Å². The van der Waals surface area contributed by atoms with Gasteiger partial charge in [0.1, 0.15) is 11.6 Å². The smallest absolute Gasteiger partial charge is 0.387 e. The van der Waals surface area contributed by atoms with Crippen LogP contribution in [0.5, 0.6) is 11.5 Å². The van der Waals surface area contributed by atoms with Crippen LogP contribution in [0.25, 0.3) is 0 Å². The molecule has 0 atom stereocenters. The Hall–Kier alpha value is -4.09. The van der Waals surface area contributed by atoms with Crippen LogP contribution in [0.3, 0.4) is 0 Å². The van der Waals surface area contributed by atoms with Gasteiger partial charge in [0.25, 0.3) is 5.91 Å². The van der Waals surface area contributed by atoms with Crippen molar-refractivity contribution in [2.24, 2.45) is 0 Å². The summed E-state index contributed by atoms with van der Waals surface area (Å²) in [6.07, 6.45) is 1.35. The normalized spacial score (nSPS) is 10.7. The first-order chi connectivity index (χ1) is 14.7. The van der Waals surface area contributed by atoms with Gasteiger partial charge in [0.15, 0.2) is 12.4 Å². The third-order valence-corrected chi connectivity index (χ3v) is 3.95. The van der Waals surface area contributed by atoms with Gasteiger partial charge in [-0.25, -0.2) is 9.07 Å². The number of nitro groups is 1. The second kappa shape index (κ2) is 9.15. The summed E-state index contributed by atoms with van der Waals surface area (Å²) < 4.78 is 49.3. The van der Waals surface area contributed by atoms with Crippen LogP contribution < -0.4 is 14.8 Å². The predicted octanol–water partition coefficient (Wildman–Crippen LogP) is 4.13. The summed E-state index contributed by atoms with van der Waals surface area (Å²) in [5.74, 6) is -1.94. The number of aromatic nitrogens is 2. The molecular weight excluding hydrogens is 421 g/mol. The summed E-state index contributed by atoms with van der Waals surface area (Å²) in [5.41, 5.74) is 0.164. The number of hydrogen-bond donors (Lipinski definition) is 1. The molecule has 0 bridgehead atoms. The molecule has 9 nitrogen and oxygen atoms in total. The van der Waals surface area contributed by atoms with Crippen LogP contribution in [0.2, 0.25) is 0 Å². The summed E-state index contributed by atoms with van der Waals surface area (Å²) in [6.45, 7) is -1.74. The average Bonchev–Trinajstić information content (AvgIpc) is 3.17. The first-order valence-corrected chi connectivity index (χ1v) is 8.70. The lowest BCUT2D eigenvalue weighted by atomic mass is 10.2. The van der Waals surface area contributed by atoms with Gasteiger partial charge in [-0.15, -0.1) is 0 Å². The number of ether oxygens (including phenoxy) is 2. The van der Waals surface area contributed by atoms with Crippen LogP contribution in [-0.4, -0.2) is 27.2 Å². The second-order valence-electron chi connectivity index (χ2n) is 6.22. The van der Waals surface area contributed by atoms with Gasteiger partial charge < -0.3 is 14.8 Å². The number of benzene rings is 2. The van der Waals surface area contributed by atoms with Gasteiger partial charge in [0.05, 0.1) is 10.6 Å². The maximum absolute atomic E-state index is 13.4. The van der Waals surface area contributed by atoms with Gasteiger partial charge in [0.2, 0.25) is 5.75 Å². The Labute approximate surface area is 173 Å². The summed E-state index contributed by atoms with van der Waals surface area (Å²) >= 11 is 0. The molecule has 1 amide bonds. The third kappa shape index (κ3) is 5.50. The molecule has 1 heterocycles. The number of carbonyl (C=O) groups excluding carboxylic acids is 1. The first kappa shape index (κ1) is 21.6. The molecule has 31 heavy (non-hydrogen) atoms. The van der Waals surface area contributed by atoms with E-state index in [1.54, 1.807) is 13.0 Å². The summed E-state index contributed by atoms with van der Waals surface area (Å²) in [6, 6.07) is 8.43. The van der Waals surface area contributed by atoms with Crippen LogP contribution >= 0.6 is 0 Å². The fourth-order valence-corrected chi connectivity index (χ4v) is 2.56. The SMILES string of the molecule is Cc1ccc(NC(=O)c2ccn(COc3cc(F)ccc3[N+](=O)[O-])n2)c(OC(F)F)c1. The lowest BCUT2D eigenvalue weighted by molar-refractivity contribution is -0.386. The lowest BCUT2D eigenvalue weighted by Gasteiger charge is -2.12. The Morgan fingerprint density at radius 2 is 2.00 bits per heavy atom. The first-order valence-electron chi connectivity index (χ1n) is 8.70. The van der Waals surface area contributed by atoms with Crippen molar-refractivity contribution in [2.75, 3.05) is 5.32 Å². The number of halogens is 3. The third-order valence-electron chi connectivity index (χ3n) is 3.95. The molecule has 2 aromatic carbocycles.